The number of likely N-dealkylation sites (tertiary alicyclic amines) is 1. The van der Waals surface area contributed by atoms with Gasteiger partial charge in [0.15, 0.2) is 6.61 Å². The Morgan fingerprint density at radius 3 is 2.71 bits per heavy atom. The van der Waals surface area contributed by atoms with Gasteiger partial charge in [0.2, 0.25) is 10.0 Å². The van der Waals surface area contributed by atoms with Gasteiger partial charge in [0.1, 0.15) is 5.75 Å². The number of sulfonamides is 1. The Hall–Kier alpha value is -1.09. The van der Waals surface area contributed by atoms with Crippen molar-refractivity contribution in [3.05, 3.63) is 39.7 Å². The number of halogens is 2. The zero-order valence-electron chi connectivity index (χ0n) is 12.9. The van der Waals surface area contributed by atoms with Crippen molar-refractivity contribution in [1.82, 2.24) is 9.62 Å². The van der Waals surface area contributed by atoms with Crippen LogP contribution >= 0.6 is 27.5 Å². The number of carbonyl (C=O) groups excluding carboxylic acids is 1. The molecule has 132 valence electrons. The molecule has 1 fully saturated rings. The van der Waals surface area contributed by atoms with Crippen LogP contribution in [0.25, 0.3) is 0 Å². The monoisotopic (exact) mass is 436 g/mol. The summed E-state index contributed by atoms with van der Waals surface area (Å²) < 4.78 is 31.6. The summed E-state index contributed by atoms with van der Waals surface area (Å²) in [6.45, 7) is 4.14. The summed E-state index contributed by atoms with van der Waals surface area (Å²) in [6.07, 6.45) is 1.12. The molecule has 1 heterocycles. The molecule has 1 aliphatic rings. The number of benzene rings is 1. The summed E-state index contributed by atoms with van der Waals surface area (Å²) in [4.78, 5) is 13.9. The molecule has 0 spiro atoms. The van der Waals surface area contributed by atoms with Crippen LogP contribution in [0.5, 0.6) is 5.75 Å². The van der Waals surface area contributed by atoms with Crippen LogP contribution in [0.15, 0.2) is 34.7 Å². The van der Waals surface area contributed by atoms with Gasteiger partial charge < -0.3 is 9.64 Å². The third-order valence-electron chi connectivity index (χ3n) is 3.64. The Morgan fingerprint density at radius 2 is 2.12 bits per heavy atom. The van der Waals surface area contributed by atoms with Gasteiger partial charge >= 0.3 is 0 Å². The van der Waals surface area contributed by atoms with Gasteiger partial charge in [0.05, 0.1) is 4.47 Å². The van der Waals surface area contributed by atoms with E-state index >= 15 is 0 Å². The van der Waals surface area contributed by atoms with Crippen molar-refractivity contribution >= 4 is 43.5 Å². The second-order valence-electron chi connectivity index (χ2n) is 5.35. The van der Waals surface area contributed by atoms with Crippen LogP contribution in [0.1, 0.15) is 12.8 Å². The van der Waals surface area contributed by atoms with E-state index in [9.17, 15) is 13.2 Å². The van der Waals surface area contributed by atoms with E-state index in [2.05, 4.69) is 27.2 Å². The fraction of sp³-hybridized carbons (Fsp3) is 0.400. The number of piperidine rings is 1. The predicted molar refractivity (Wildman–Crippen MR) is 96.5 cm³/mol. The Morgan fingerprint density at radius 1 is 1.46 bits per heavy atom. The SMILES string of the molecule is C=CS(=O)(=O)NC1CCN(C(=O)COc2ccc(Cl)cc2Br)CC1. The molecule has 1 N–H and O–H groups in total. The highest BCUT2D eigenvalue weighted by Crippen LogP contribution is 2.28. The Labute approximate surface area is 155 Å². The molecule has 9 heteroatoms. The zero-order valence-corrected chi connectivity index (χ0v) is 16.0. The van der Waals surface area contributed by atoms with Crippen LogP contribution in [0.4, 0.5) is 0 Å². The average molecular weight is 438 g/mol. The lowest BCUT2D eigenvalue weighted by atomic mass is 10.1. The number of nitrogens with one attached hydrogen (secondary N) is 1. The standard InChI is InChI=1S/C15H18BrClN2O4S/c1-2-24(21,22)18-12-5-7-19(8-6-12)15(20)10-23-14-4-3-11(17)9-13(14)16/h2-4,9,12,18H,1,5-8,10H2. The summed E-state index contributed by atoms with van der Waals surface area (Å²) in [6, 6.07) is 4.89. The first-order valence-corrected chi connectivity index (χ1v) is 10.0. The lowest BCUT2D eigenvalue weighted by Crippen LogP contribution is -2.47. The van der Waals surface area contributed by atoms with Gasteiger partial charge in [-0.25, -0.2) is 13.1 Å². The molecular formula is C15H18BrClN2O4S. The average Bonchev–Trinajstić information content (AvgIpc) is 2.54. The molecule has 0 radical (unpaired) electrons. The molecule has 0 aromatic heterocycles. The van der Waals surface area contributed by atoms with E-state index in [0.717, 1.165) is 5.41 Å². The summed E-state index contributed by atoms with van der Waals surface area (Å²) in [7, 11) is -3.44. The molecule has 0 aliphatic carbocycles. The Bertz CT molecular complexity index is 718. The van der Waals surface area contributed by atoms with E-state index in [0.29, 0.717) is 41.2 Å². The van der Waals surface area contributed by atoms with Crippen LogP contribution in [0.3, 0.4) is 0 Å². The first-order chi connectivity index (χ1) is 11.3. The molecule has 0 unspecified atom stereocenters. The molecule has 0 saturated carbocycles. The molecule has 24 heavy (non-hydrogen) atoms. The van der Waals surface area contributed by atoms with Crippen molar-refractivity contribution in [2.24, 2.45) is 0 Å². The predicted octanol–water partition coefficient (Wildman–Crippen LogP) is 2.54. The van der Waals surface area contributed by atoms with Crippen LogP contribution < -0.4 is 9.46 Å². The van der Waals surface area contributed by atoms with Crippen molar-refractivity contribution in [2.45, 2.75) is 18.9 Å². The minimum atomic E-state index is -3.44. The fourth-order valence-corrected chi connectivity index (χ4v) is 3.94. The number of rotatable bonds is 6. The first kappa shape index (κ1) is 19.2. The second kappa shape index (κ2) is 8.33. The second-order valence-corrected chi connectivity index (χ2v) is 8.30. The Balaban J connectivity index is 1.81. The minimum Gasteiger partial charge on any atom is -0.483 e. The molecular weight excluding hydrogens is 420 g/mol. The molecule has 1 aromatic rings. The van der Waals surface area contributed by atoms with E-state index < -0.39 is 10.0 Å². The molecule has 0 bridgehead atoms. The number of carbonyl (C=O) groups is 1. The number of hydrogen-bond donors (Lipinski definition) is 1. The smallest absolute Gasteiger partial charge is 0.260 e. The Kier molecular flexibility index (Phi) is 6.68. The lowest BCUT2D eigenvalue weighted by Gasteiger charge is -2.32. The number of nitrogens with zero attached hydrogens (tertiary/aromatic N) is 1. The number of amides is 1. The summed E-state index contributed by atoms with van der Waals surface area (Å²) in [5.41, 5.74) is 0. The van der Waals surface area contributed by atoms with Gasteiger partial charge in [-0.15, -0.1) is 0 Å². The topological polar surface area (TPSA) is 75.7 Å². The number of ether oxygens (including phenoxy) is 1. The molecule has 1 aliphatic heterocycles. The molecule has 0 atom stereocenters. The van der Waals surface area contributed by atoms with Crippen molar-refractivity contribution < 1.29 is 17.9 Å². The third-order valence-corrected chi connectivity index (χ3v) is 5.60. The maximum Gasteiger partial charge on any atom is 0.260 e. The van der Waals surface area contributed by atoms with Crippen molar-refractivity contribution in [1.29, 1.82) is 0 Å². The zero-order chi connectivity index (χ0) is 17.7. The highest BCUT2D eigenvalue weighted by Gasteiger charge is 2.25. The van der Waals surface area contributed by atoms with Crippen LogP contribution in [0.2, 0.25) is 5.02 Å². The molecule has 1 aromatic carbocycles. The van der Waals surface area contributed by atoms with Crippen LogP contribution in [-0.4, -0.2) is 45.0 Å². The third kappa shape index (κ3) is 5.47. The van der Waals surface area contributed by atoms with Crippen molar-refractivity contribution in [3.63, 3.8) is 0 Å². The highest BCUT2D eigenvalue weighted by molar-refractivity contribution is 9.10. The summed E-state index contributed by atoms with van der Waals surface area (Å²) in [5, 5.41) is 1.46. The van der Waals surface area contributed by atoms with Gasteiger partial charge in [-0.1, -0.05) is 18.2 Å². The lowest BCUT2D eigenvalue weighted by molar-refractivity contribution is -0.134. The summed E-state index contributed by atoms with van der Waals surface area (Å²) >= 11 is 9.18. The van der Waals surface area contributed by atoms with Crippen molar-refractivity contribution in [3.8, 4) is 5.75 Å². The quantitative estimate of drug-likeness (QED) is 0.742. The number of hydrogen-bond acceptors (Lipinski definition) is 4. The van der Waals surface area contributed by atoms with Gasteiger partial charge in [-0.3, -0.25) is 4.79 Å². The van der Waals surface area contributed by atoms with Gasteiger partial charge in [0.25, 0.3) is 5.91 Å². The van der Waals surface area contributed by atoms with Gasteiger partial charge in [0, 0.05) is 29.6 Å². The maximum atomic E-state index is 12.2. The van der Waals surface area contributed by atoms with Crippen LogP contribution in [0, 0.1) is 0 Å². The molecule has 6 nitrogen and oxygen atoms in total. The van der Waals surface area contributed by atoms with E-state index in [4.69, 9.17) is 16.3 Å². The normalized spacial score (nSPS) is 16.0. The molecule has 1 amide bonds. The van der Waals surface area contributed by atoms with E-state index in [1.165, 1.54) is 0 Å². The summed E-state index contributed by atoms with van der Waals surface area (Å²) in [5.74, 6) is 0.406. The fourth-order valence-electron chi connectivity index (χ4n) is 2.35. The van der Waals surface area contributed by atoms with Crippen molar-refractivity contribution in [2.75, 3.05) is 19.7 Å². The highest BCUT2D eigenvalue weighted by atomic mass is 79.9. The molecule has 2 rings (SSSR count). The largest absolute Gasteiger partial charge is 0.483 e. The van der Waals surface area contributed by atoms with E-state index in [1.54, 1.807) is 23.1 Å². The first-order valence-electron chi connectivity index (χ1n) is 7.31. The maximum absolute atomic E-state index is 12.2. The van der Waals surface area contributed by atoms with Gasteiger partial charge in [-0.05, 0) is 47.0 Å². The van der Waals surface area contributed by atoms with Crippen LogP contribution in [-0.2, 0) is 14.8 Å². The van der Waals surface area contributed by atoms with Gasteiger partial charge in [-0.2, -0.15) is 0 Å². The minimum absolute atomic E-state index is 0.0801. The van der Waals surface area contributed by atoms with E-state index in [1.807, 2.05) is 0 Å². The molecule has 1 saturated heterocycles. The van der Waals surface area contributed by atoms with E-state index in [-0.39, 0.29) is 18.6 Å².